The predicted octanol–water partition coefficient (Wildman–Crippen LogP) is 3.17. The minimum atomic E-state index is -0.875. The van der Waals surface area contributed by atoms with Gasteiger partial charge in [-0.25, -0.2) is 4.79 Å². The molecule has 106 valence electrons. The molecule has 0 amide bonds. The van der Waals surface area contributed by atoms with Gasteiger partial charge in [-0.1, -0.05) is 29.8 Å². The number of hydrogen-bond donors (Lipinski definition) is 1. The van der Waals surface area contributed by atoms with Crippen molar-refractivity contribution in [2.75, 3.05) is 0 Å². The normalized spacial score (nSPS) is 9.76. The summed E-state index contributed by atoms with van der Waals surface area (Å²) in [7, 11) is 0. The van der Waals surface area contributed by atoms with Gasteiger partial charge in [0.25, 0.3) is 0 Å². The predicted molar refractivity (Wildman–Crippen MR) is 81.0 cm³/mol. The molecule has 3 rings (SSSR count). The van der Waals surface area contributed by atoms with Gasteiger partial charge in [-0.05, 0) is 31.2 Å². The van der Waals surface area contributed by atoms with Crippen LogP contribution < -0.4 is 4.73 Å². The molecule has 3 aromatic rings. The Hall–Kier alpha value is -2.88. The summed E-state index contributed by atoms with van der Waals surface area (Å²) in [5.74, 6) is -0.875. The molecule has 0 spiro atoms. The van der Waals surface area contributed by atoms with Gasteiger partial charge in [0.1, 0.15) is 0 Å². The highest BCUT2D eigenvalue weighted by molar-refractivity contribution is 5.87. The highest BCUT2D eigenvalue weighted by atomic mass is 16.5. The number of para-hydroxylation sites is 1. The zero-order valence-electron chi connectivity index (χ0n) is 11.6. The third kappa shape index (κ3) is 3.79. The quantitative estimate of drug-likeness (QED) is 0.550. The lowest BCUT2D eigenvalue weighted by Crippen LogP contribution is -2.25. The summed E-state index contributed by atoms with van der Waals surface area (Å²) < 4.78 is 0.870. The summed E-state index contributed by atoms with van der Waals surface area (Å²) in [4.78, 5) is 10.3. The van der Waals surface area contributed by atoms with Gasteiger partial charge in [0.05, 0.1) is 5.56 Å². The molecule has 0 radical (unpaired) electrons. The lowest BCUT2D eigenvalue weighted by atomic mass is 10.2. The molecule has 0 bridgehead atoms. The SMILES string of the molecule is Cc1ccc(C(=O)O)cc1.[O-][n+]1cccc2ccccc21. The highest BCUT2D eigenvalue weighted by Gasteiger charge is 1.99. The number of aromatic carboxylic acids is 1. The molecule has 0 saturated heterocycles. The Kier molecular flexibility index (Phi) is 4.51. The van der Waals surface area contributed by atoms with Crippen molar-refractivity contribution in [3.8, 4) is 0 Å². The van der Waals surface area contributed by atoms with Crippen LogP contribution in [0.1, 0.15) is 15.9 Å². The molecule has 0 fully saturated rings. The van der Waals surface area contributed by atoms with E-state index in [1.54, 1.807) is 30.3 Å². The number of aromatic nitrogens is 1. The van der Waals surface area contributed by atoms with Crippen LogP contribution in [-0.4, -0.2) is 11.1 Å². The Bertz CT molecular complexity index is 746. The largest absolute Gasteiger partial charge is 0.618 e. The zero-order valence-corrected chi connectivity index (χ0v) is 11.6. The minimum Gasteiger partial charge on any atom is -0.618 e. The third-order valence-electron chi connectivity index (χ3n) is 2.97. The molecule has 1 aromatic heterocycles. The van der Waals surface area contributed by atoms with Crippen molar-refractivity contribution in [3.63, 3.8) is 0 Å². The maximum atomic E-state index is 11.1. The topological polar surface area (TPSA) is 64.2 Å². The van der Waals surface area contributed by atoms with Gasteiger partial charge in [0.15, 0.2) is 6.20 Å². The maximum Gasteiger partial charge on any atom is 0.335 e. The first-order chi connectivity index (χ1) is 10.1. The van der Waals surface area contributed by atoms with Gasteiger partial charge in [0.2, 0.25) is 5.52 Å². The number of carboxylic acid groups (broad SMARTS) is 1. The monoisotopic (exact) mass is 281 g/mol. The second-order valence-corrected chi connectivity index (χ2v) is 4.56. The van der Waals surface area contributed by atoms with E-state index in [4.69, 9.17) is 5.11 Å². The molecule has 0 unspecified atom stereocenters. The van der Waals surface area contributed by atoms with Crippen molar-refractivity contribution in [1.82, 2.24) is 0 Å². The maximum absolute atomic E-state index is 11.1. The first-order valence-corrected chi connectivity index (χ1v) is 6.45. The Morgan fingerprint density at radius 2 is 1.62 bits per heavy atom. The summed E-state index contributed by atoms with van der Waals surface area (Å²) in [5.41, 5.74) is 2.13. The summed E-state index contributed by atoms with van der Waals surface area (Å²) in [5, 5.41) is 20.5. The summed E-state index contributed by atoms with van der Waals surface area (Å²) in [6.07, 6.45) is 1.50. The smallest absolute Gasteiger partial charge is 0.335 e. The van der Waals surface area contributed by atoms with Crippen molar-refractivity contribution in [3.05, 3.63) is 83.2 Å². The van der Waals surface area contributed by atoms with Crippen LogP contribution in [0.4, 0.5) is 0 Å². The molecule has 0 aliphatic carbocycles. The highest BCUT2D eigenvalue weighted by Crippen LogP contribution is 2.06. The van der Waals surface area contributed by atoms with E-state index in [2.05, 4.69) is 0 Å². The number of rotatable bonds is 1. The molecular weight excluding hydrogens is 266 g/mol. The van der Waals surface area contributed by atoms with Crippen LogP contribution in [0.3, 0.4) is 0 Å². The summed E-state index contributed by atoms with van der Waals surface area (Å²) >= 11 is 0. The van der Waals surface area contributed by atoms with Crippen molar-refractivity contribution >= 4 is 16.9 Å². The van der Waals surface area contributed by atoms with E-state index in [0.717, 1.165) is 21.2 Å². The first-order valence-electron chi connectivity index (χ1n) is 6.45. The number of fused-ring (bicyclic) bond motifs is 1. The van der Waals surface area contributed by atoms with Crippen LogP contribution in [0, 0.1) is 12.1 Å². The third-order valence-corrected chi connectivity index (χ3v) is 2.97. The molecule has 0 aliphatic heterocycles. The molecule has 0 saturated carbocycles. The number of pyridine rings is 1. The lowest BCUT2D eigenvalue weighted by molar-refractivity contribution is -0.577. The van der Waals surface area contributed by atoms with Crippen LogP contribution >= 0.6 is 0 Å². The number of benzene rings is 2. The average Bonchev–Trinajstić information content (AvgIpc) is 2.49. The van der Waals surface area contributed by atoms with E-state index in [1.165, 1.54) is 6.20 Å². The zero-order chi connectivity index (χ0) is 15.2. The van der Waals surface area contributed by atoms with Gasteiger partial charge in [-0.2, -0.15) is 4.73 Å². The molecule has 1 N–H and O–H groups in total. The Balaban J connectivity index is 0.000000155. The second-order valence-electron chi connectivity index (χ2n) is 4.56. The van der Waals surface area contributed by atoms with E-state index in [9.17, 15) is 10.0 Å². The molecule has 21 heavy (non-hydrogen) atoms. The second kappa shape index (κ2) is 6.52. The van der Waals surface area contributed by atoms with Crippen LogP contribution in [-0.2, 0) is 0 Å². The van der Waals surface area contributed by atoms with Crippen LogP contribution in [0.15, 0.2) is 66.9 Å². The molecule has 2 aromatic carbocycles. The van der Waals surface area contributed by atoms with Crippen molar-refractivity contribution < 1.29 is 14.6 Å². The van der Waals surface area contributed by atoms with E-state index in [1.807, 2.05) is 37.3 Å². The van der Waals surface area contributed by atoms with E-state index in [-0.39, 0.29) is 0 Å². The van der Waals surface area contributed by atoms with E-state index >= 15 is 0 Å². The number of carboxylic acids is 1. The van der Waals surface area contributed by atoms with Gasteiger partial charge < -0.3 is 10.3 Å². The number of nitrogens with zero attached hydrogens (tertiary/aromatic N) is 1. The van der Waals surface area contributed by atoms with Crippen molar-refractivity contribution in [2.24, 2.45) is 0 Å². The van der Waals surface area contributed by atoms with Crippen LogP contribution in [0.25, 0.3) is 10.9 Å². The van der Waals surface area contributed by atoms with E-state index < -0.39 is 5.97 Å². The standard InChI is InChI=1S/C9H7NO.C8H8O2/c11-10-7-3-5-8-4-1-2-6-9(8)10;1-6-2-4-7(5-3-6)8(9)10/h1-7H;2-5H,1H3,(H,9,10). The summed E-state index contributed by atoms with van der Waals surface area (Å²) in [6.45, 7) is 1.92. The van der Waals surface area contributed by atoms with Crippen LogP contribution in [0.2, 0.25) is 0 Å². The number of aryl methyl sites for hydroxylation is 1. The van der Waals surface area contributed by atoms with Gasteiger partial charge in [-0.3, -0.25) is 0 Å². The summed E-state index contributed by atoms with van der Waals surface area (Å²) in [6, 6.07) is 17.9. The number of carbonyl (C=O) groups is 1. The number of hydrogen-bond acceptors (Lipinski definition) is 2. The van der Waals surface area contributed by atoms with Gasteiger partial charge >= 0.3 is 5.97 Å². The fourth-order valence-corrected chi connectivity index (χ4v) is 1.83. The Labute approximate surface area is 122 Å². The molecule has 4 nitrogen and oxygen atoms in total. The van der Waals surface area contributed by atoms with Crippen molar-refractivity contribution in [1.29, 1.82) is 0 Å². The average molecular weight is 281 g/mol. The molecule has 0 aliphatic rings. The Morgan fingerprint density at radius 1 is 1.00 bits per heavy atom. The fourth-order valence-electron chi connectivity index (χ4n) is 1.83. The van der Waals surface area contributed by atoms with Gasteiger partial charge in [-0.15, -0.1) is 0 Å². The molecule has 0 atom stereocenters. The first kappa shape index (κ1) is 14.5. The lowest BCUT2D eigenvalue weighted by Gasteiger charge is -1.98. The molecular formula is C17H15NO3. The van der Waals surface area contributed by atoms with Crippen molar-refractivity contribution in [2.45, 2.75) is 6.92 Å². The van der Waals surface area contributed by atoms with Crippen LogP contribution in [0.5, 0.6) is 0 Å². The molecule has 1 heterocycles. The minimum absolute atomic E-state index is 0.339. The molecule has 4 heteroatoms. The van der Waals surface area contributed by atoms with Gasteiger partial charge in [0, 0.05) is 17.5 Å². The Morgan fingerprint density at radius 3 is 2.24 bits per heavy atom. The van der Waals surface area contributed by atoms with E-state index in [0.29, 0.717) is 5.56 Å². The fraction of sp³-hybridized carbons (Fsp3) is 0.0588.